The van der Waals surface area contributed by atoms with Gasteiger partial charge in [0, 0.05) is 12.6 Å². The maximum atomic E-state index is 12.1. The number of rotatable bonds is 5. The van der Waals surface area contributed by atoms with Crippen LogP contribution in [0.3, 0.4) is 0 Å². The maximum Gasteiger partial charge on any atom is 0.317 e. The van der Waals surface area contributed by atoms with Crippen molar-refractivity contribution in [3.05, 3.63) is 0 Å². The SMILES string of the molecule is O=C(NC1CCC1)N(CCO)CC(F)F. The van der Waals surface area contributed by atoms with Crippen LogP contribution in [0.4, 0.5) is 13.6 Å². The summed E-state index contributed by atoms with van der Waals surface area (Å²) in [7, 11) is 0. The van der Waals surface area contributed by atoms with Crippen molar-refractivity contribution >= 4 is 6.03 Å². The van der Waals surface area contributed by atoms with E-state index in [2.05, 4.69) is 5.32 Å². The average molecular weight is 222 g/mol. The van der Waals surface area contributed by atoms with Crippen LogP contribution in [-0.2, 0) is 0 Å². The molecule has 0 aromatic heterocycles. The normalized spacial score (nSPS) is 16.3. The summed E-state index contributed by atoms with van der Waals surface area (Å²) in [6.45, 7) is -0.979. The minimum atomic E-state index is -2.57. The molecule has 15 heavy (non-hydrogen) atoms. The van der Waals surface area contributed by atoms with Gasteiger partial charge in [-0.15, -0.1) is 0 Å². The Morgan fingerprint density at radius 1 is 1.53 bits per heavy atom. The lowest BCUT2D eigenvalue weighted by atomic mass is 9.93. The Balaban J connectivity index is 2.34. The quantitative estimate of drug-likeness (QED) is 0.723. The highest BCUT2D eigenvalue weighted by Gasteiger charge is 2.23. The van der Waals surface area contributed by atoms with Crippen LogP contribution in [0, 0.1) is 0 Å². The fraction of sp³-hybridized carbons (Fsp3) is 0.889. The molecule has 0 aromatic rings. The highest BCUT2D eigenvalue weighted by Crippen LogP contribution is 2.18. The van der Waals surface area contributed by atoms with Crippen molar-refractivity contribution in [2.24, 2.45) is 0 Å². The Kier molecular flexibility index (Phi) is 4.74. The van der Waals surface area contributed by atoms with Gasteiger partial charge in [-0.1, -0.05) is 0 Å². The van der Waals surface area contributed by atoms with E-state index < -0.39 is 19.0 Å². The van der Waals surface area contributed by atoms with Gasteiger partial charge >= 0.3 is 6.03 Å². The fourth-order valence-corrected chi connectivity index (χ4v) is 1.38. The third-order valence-electron chi connectivity index (χ3n) is 2.45. The van der Waals surface area contributed by atoms with Crippen LogP contribution >= 0.6 is 0 Å². The van der Waals surface area contributed by atoms with Crippen molar-refractivity contribution in [2.75, 3.05) is 19.7 Å². The Bertz CT molecular complexity index is 210. The van der Waals surface area contributed by atoms with Crippen molar-refractivity contribution < 1.29 is 18.7 Å². The van der Waals surface area contributed by atoms with Crippen LogP contribution < -0.4 is 5.32 Å². The molecule has 6 heteroatoms. The molecule has 0 bridgehead atoms. The molecule has 1 aliphatic rings. The second kappa shape index (κ2) is 5.85. The second-order valence-electron chi connectivity index (χ2n) is 3.64. The molecule has 0 unspecified atom stereocenters. The summed E-state index contributed by atoms with van der Waals surface area (Å²) in [5, 5.41) is 11.3. The van der Waals surface area contributed by atoms with Crippen LogP contribution in [0.15, 0.2) is 0 Å². The molecule has 0 saturated heterocycles. The van der Waals surface area contributed by atoms with E-state index in [1.807, 2.05) is 0 Å². The molecule has 0 radical (unpaired) electrons. The molecule has 1 fully saturated rings. The lowest BCUT2D eigenvalue weighted by Crippen LogP contribution is -2.49. The summed E-state index contributed by atoms with van der Waals surface area (Å²) in [5.74, 6) is 0. The molecule has 0 aromatic carbocycles. The summed E-state index contributed by atoms with van der Waals surface area (Å²) in [6, 6.07) is -0.384. The predicted octanol–water partition coefficient (Wildman–Crippen LogP) is 0.808. The minimum Gasteiger partial charge on any atom is -0.395 e. The van der Waals surface area contributed by atoms with Gasteiger partial charge in [-0.2, -0.15) is 0 Å². The number of halogens is 2. The Morgan fingerprint density at radius 2 is 2.20 bits per heavy atom. The number of hydrogen-bond acceptors (Lipinski definition) is 2. The molecule has 1 rings (SSSR count). The lowest BCUT2D eigenvalue weighted by Gasteiger charge is -2.30. The summed E-state index contributed by atoms with van der Waals surface area (Å²) in [4.78, 5) is 12.4. The predicted molar refractivity (Wildman–Crippen MR) is 50.8 cm³/mol. The van der Waals surface area contributed by atoms with E-state index in [-0.39, 0.29) is 19.2 Å². The van der Waals surface area contributed by atoms with Gasteiger partial charge in [-0.3, -0.25) is 0 Å². The zero-order chi connectivity index (χ0) is 11.3. The number of carbonyl (C=O) groups excluding carboxylic acids is 1. The van der Waals surface area contributed by atoms with E-state index in [4.69, 9.17) is 5.11 Å². The number of nitrogens with one attached hydrogen (secondary N) is 1. The molecular formula is C9H16F2N2O2. The van der Waals surface area contributed by atoms with E-state index >= 15 is 0 Å². The molecule has 4 nitrogen and oxygen atoms in total. The number of aliphatic hydroxyl groups is 1. The summed E-state index contributed by atoms with van der Waals surface area (Å²) < 4.78 is 24.2. The van der Waals surface area contributed by atoms with Crippen LogP contribution in [0.2, 0.25) is 0 Å². The first-order chi connectivity index (χ1) is 7.13. The van der Waals surface area contributed by atoms with E-state index in [1.165, 1.54) is 0 Å². The number of hydrogen-bond donors (Lipinski definition) is 2. The lowest BCUT2D eigenvalue weighted by molar-refractivity contribution is 0.0881. The van der Waals surface area contributed by atoms with Crippen LogP contribution in [-0.4, -0.2) is 48.2 Å². The van der Waals surface area contributed by atoms with Gasteiger partial charge in [0.1, 0.15) is 0 Å². The first kappa shape index (κ1) is 12.2. The number of aliphatic hydroxyl groups excluding tert-OH is 1. The van der Waals surface area contributed by atoms with Crippen molar-refractivity contribution in [1.82, 2.24) is 10.2 Å². The third kappa shape index (κ3) is 3.99. The van der Waals surface area contributed by atoms with Gasteiger partial charge in [0.05, 0.1) is 13.2 Å². The van der Waals surface area contributed by atoms with Gasteiger partial charge in [0.25, 0.3) is 6.43 Å². The van der Waals surface area contributed by atoms with Gasteiger partial charge in [-0.05, 0) is 19.3 Å². The molecule has 2 amide bonds. The summed E-state index contributed by atoms with van der Waals surface area (Å²) in [6.07, 6.45) is 0.323. The molecule has 88 valence electrons. The Morgan fingerprint density at radius 3 is 2.60 bits per heavy atom. The van der Waals surface area contributed by atoms with Crippen molar-refractivity contribution in [3.8, 4) is 0 Å². The standard InChI is InChI=1S/C9H16F2N2O2/c10-8(11)6-13(4-5-14)9(15)12-7-2-1-3-7/h7-8,14H,1-6H2,(H,12,15). The summed E-state index contributed by atoms with van der Waals surface area (Å²) in [5.41, 5.74) is 0. The highest BCUT2D eigenvalue weighted by atomic mass is 19.3. The maximum absolute atomic E-state index is 12.1. The zero-order valence-corrected chi connectivity index (χ0v) is 8.46. The fourth-order valence-electron chi connectivity index (χ4n) is 1.38. The summed E-state index contributed by atoms with van der Waals surface area (Å²) >= 11 is 0. The molecule has 0 spiro atoms. The molecule has 2 N–H and O–H groups in total. The molecule has 0 heterocycles. The van der Waals surface area contributed by atoms with E-state index in [0.717, 1.165) is 24.2 Å². The topological polar surface area (TPSA) is 52.6 Å². The highest BCUT2D eigenvalue weighted by molar-refractivity contribution is 5.74. The van der Waals surface area contributed by atoms with Crippen LogP contribution in [0.1, 0.15) is 19.3 Å². The molecule has 0 aliphatic heterocycles. The van der Waals surface area contributed by atoms with Crippen molar-refractivity contribution in [3.63, 3.8) is 0 Å². The first-order valence-corrected chi connectivity index (χ1v) is 5.08. The first-order valence-electron chi connectivity index (χ1n) is 5.08. The Labute approximate surface area is 87.2 Å². The number of amides is 2. The minimum absolute atomic E-state index is 0.0527. The van der Waals surface area contributed by atoms with E-state index in [9.17, 15) is 13.6 Å². The number of carbonyl (C=O) groups is 1. The van der Waals surface area contributed by atoms with E-state index in [0.29, 0.717) is 0 Å². The number of alkyl halides is 2. The number of nitrogens with zero attached hydrogens (tertiary/aromatic N) is 1. The van der Waals surface area contributed by atoms with Gasteiger partial charge in [0.15, 0.2) is 0 Å². The Hall–Kier alpha value is -0.910. The average Bonchev–Trinajstić information content (AvgIpc) is 2.09. The monoisotopic (exact) mass is 222 g/mol. The van der Waals surface area contributed by atoms with Crippen molar-refractivity contribution in [2.45, 2.75) is 31.7 Å². The van der Waals surface area contributed by atoms with Crippen molar-refractivity contribution in [1.29, 1.82) is 0 Å². The third-order valence-corrected chi connectivity index (χ3v) is 2.45. The van der Waals surface area contributed by atoms with Gasteiger partial charge in [-0.25, -0.2) is 13.6 Å². The molecular weight excluding hydrogens is 206 g/mol. The number of urea groups is 1. The smallest absolute Gasteiger partial charge is 0.317 e. The molecule has 1 saturated carbocycles. The van der Waals surface area contributed by atoms with Gasteiger partial charge < -0.3 is 15.3 Å². The second-order valence-corrected chi connectivity index (χ2v) is 3.64. The molecule has 1 aliphatic carbocycles. The van der Waals surface area contributed by atoms with Crippen LogP contribution in [0.5, 0.6) is 0 Å². The van der Waals surface area contributed by atoms with E-state index in [1.54, 1.807) is 0 Å². The van der Waals surface area contributed by atoms with Gasteiger partial charge in [0.2, 0.25) is 0 Å². The molecule has 0 atom stereocenters. The van der Waals surface area contributed by atoms with Crippen LogP contribution in [0.25, 0.3) is 0 Å². The zero-order valence-electron chi connectivity index (χ0n) is 8.46. The largest absolute Gasteiger partial charge is 0.395 e.